The van der Waals surface area contributed by atoms with E-state index in [9.17, 15) is 14.4 Å². The maximum absolute atomic E-state index is 12.5. The van der Waals surface area contributed by atoms with Crippen molar-refractivity contribution in [1.29, 1.82) is 0 Å². The zero-order valence-corrected chi connectivity index (χ0v) is 28.2. The second-order valence-corrected chi connectivity index (χ2v) is 11.9. The van der Waals surface area contributed by atoms with Gasteiger partial charge in [0, 0.05) is 26.5 Å². The summed E-state index contributed by atoms with van der Waals surface area (Å²) in [6.45, 7) is 4.87. The number of methoxy groups -OCH3 is 1. The number of unbranched alkanes of at least 4 members (excludes halogenated alkanes) is 20. The Morgan fingerprint density at radius 3 is 1.33 bits per heavy atom. The minimum Gasteiger partial charge on any atom is -0.462 e. The smallest absolute Gasteiger partial charge is 0.407 e. The van der Waals surface area contributed by atoms with E-state index in [-0.39, 0.29) is 40.0 Å². The van der Waals surface area contributed by atoms with Crippen molar-refractivity contribution in [3.05, 3.63) is 0 Å². The molecule has 1 unspecified atom stereocenters. The molecule has 1 atom stereocenters. The molecule has 0 fully saturated rings. The highest BCUT2D eigenvalue weighted by Crippen LogP contribution is 2.14. The van der Waals surface area contributed by atoms with Crippen molar-refractivity contribution >= 4 is 18.0 Å². The Balaban J connectivity index is -0.00000882. The van der Waals surface area contributed by atoms with Gasteiger partial charge in [-0.25, -0.2) is 4.79 Å². The first-order valence-electron chi connectivity index (χ1n) is 17.8. The van der Waals surface area contributed by atoms with Gasteiger partial charge < -0.3 is 24.3 Å². The number of nitrogens with one attached hydrogen (secondary N) is 1. The van der Waals surface area contributed by atoms with Crippen LogP contribution in [-0.4, -0.2) is 57.6 Å². The van der Waals surface area contributed by atoms with E-state index in [1.165, 1.54) is 103 Å². The van der Waals surface area contributed by atoms with Crippen molar-refractivity contribution in [2.75, 3.05) is 33.5 Å². The van der Waals surface area contributed by atoms with E-state index in [0.29, 0.717) is 26.0 Å². The van der Waals surface area contributed by atoms with Gasteiger partial charge in [-0.2, -0.15) is 0 Å². The predicted octanol–water partition coefficient (Wildman–Crippen LogP) is 10.5. The van der Waals surface area contributed by atoms with Crippen LogP contribution in [0.4, 0.5) is 4.79 Å². The highest BCUT2D eigenvalue weighted by molar-refractivity contribution is 5.70. The summed E-state index contributed by atoms with van der Waals surface area (Å²) >= 11 is 0. The summed E-state index contributed by atoms with van der Waals surface area (Å²) in [5, 5.41) is 2.56. The van der Waals surface area contributed by atoms with Crippen LogP contribution in [0.15, 0.2) is 0 Å². The number of alkyl carbamates (subject to hydrolysis) is 1. The van der Waals surface area contributed by atoms with Crippen LogP contribution in [0.2, 0.25) is 0 Å². The molecule has 0 aliphatic carbocycles. The van der Waals surface area contributed by atoms with E-state index in [2.05, 4.69) is 19.2 Å². The maximum atomic E-state index is 12.5. The summed E-state index contributed by atoms with van der Waals surface area (Å²) < 4.78 is 21.0. The van der Waals surface area contributed by atoms with Crippen LogP contribution < -0.4 is 5.32 Å². The molecule has 0 aromatic carbocycles. The van der Waals surface area contributed by atoms with Crippen LogP contribution >= 0.6 is 0 Å². The molecule has 0 aromatic heterocycles. The number of carbonyl (C=O) groups excluding carboxylic acids is 3. The lowest BCUT2D eigenvalue weighted by Crippen LogP contribution is -2.34. The molecule has 0 rings (SSSR count). The third kappa shape index (κ3) is 36.5. The van der Waals surface area contributed by atoms with E-state index in [1.54, 1.807) is 7.11 Å². The lowest BCUT2D eigenvalue weighted by Gasteiger charge is -2.18. The monoisotopic (exact) mass is 646 g/mol. The number of rotatable bonds is 32. The number of carbonyl (C=O) groups is 3. The zero-order chi connectivity index (χ0) is 31.6. The largest absolute Gasteiger partial charge is 0.462 e. The molecule has 8 heteroatoms. The van der Waals surface area contributed by atoms with Crippen LogP contribution in [0.5, 0.6) is 0 Å². The van der Waals surface area contributed by atoms with E-state index < -0.39 is 12.2 Å². The van der Waals surface area contributed by atoms with Crippen LogP contribution in [0, 0.1) is 0 Å². The average Bonchev–Trinajstić information content (AvgIpc) is 3.00. The first kappa shape index (κ1) is 47.6. The summed E-state index contributed by atoms with van der Waals surface area (Å²) in [6.07, 6.45) is 25.8. The number of ether oxygens (including phenoxy) is 4. The van der Waals surface area contributed by atoms with Gasteiger partial charge in [-0.05, 0) is 12.8 Å². The van der Waals surface area contributed by atoms with E-state index in [0.717, 1.165) is 38.5 Å². The van der Waals surface area contributed by atoms with Crippen LogP contribution in [-0.2, 0) is 28.5 Å². The second kappa shape index (κ2) is 38.4. The van der Waals surface area contributed by atoms with Gasteiger partial charge in [0.2, 0.25) is 0 Å². The SMILES string of the molecule is C.C.CCCCCCCCCCCCCC(=O)OCC(COC(=O)NCCOC)OC(=O)CCCCCCCCCCCCC. The summed E-state index contributed by atoms with van der Waals surface area (Å²) in [5.74, 6) is -0.669. The zero-order valence-electron chi connectivity index (χ0n) is 28.2. The molecule has 0 spiro atoms. The lowest BCUT2D eigenvalue weighted by atomic mass is 10.1. The van der Waals surface area contributed by atoms with Gasteiger partial charge in [0.05, 0.1) is 6.61 Å². The van der Waals surface area contributed by atoms with Crippen molar-refractivity contribution in [1.82, 2.24) is 5.32 Å². The van der Waals surface area contributed by atoms with Crippen LogP contribution in [0.3, 0.4) is 0 Å². The van der Waals surface area contributed by atoms with Crippen molar-refractivity contribution < 1.29 is 33.3 Å². The molecule has 8 nitrogen and oxygen atoms in total. The molecule has 0 aliphatic rings. The van der Waals surface area contributed by atoms with Crippen molar-refractivity contribution in [3.63, 3.8) is 0 Å². The highest BCUT2D eigenvalue weighted by atomic mass is 16.6. The molecule has 45 heavy (non-hydrogen) atoms. The van der Waals surface area contributed by atoms with Gasteiger partial charge in [-0.15, -0.1) is 0 Å². The Labute approximate surface area is 278 Å². The molecule has 0 saturated carbocycles. The van der Waals surface area contributed by atoms with Crippen LogP contribution in [0.25, 0.3) is 0 Å². The van der Waals surface area contributed by atoms with Gasteiger partial charge in [0.15, 0.2) is 6.10 Å². The number of hydrogen-bond donors (Lipinski definition) is 1. The lowest BCUT2D eigenvalue weighted by molar-refractivity contribution is -0.161. The molecule has 0 bridgehead atoms. The Morgan fingerprint density at radius 2 is 0.911 bits per heavy atom. The third-order valence-electron chi connectivity index (χ3n) is 7.67. The molecular formula is C37H75NO7. The molecule has 0 aliphatic heterocycles. The first-order chi connectivity index (χ1) is 21.0. The number of esters is 2. The Hall–Kier alpha value is -1.83. The van der Waals surface area contributed by atoms with Gasteiger partial charge in [0.1, 0.15) is 13.2 Å². The van der Waals surface area contributed by atoms with E-state index >= 15 is 0 Å². The Morgan fingerprint density at radius 1 is 0.533 bits per heavy atom. The van der Waals surface area contributed by atoms with Crippen molar-refractivity contribution in [3.8, 4) is 0 Å². The fraction of sp³-hybridized carbons (Fsp3) is 0.919. The van der Waals surface area contributed by atoms with E-state index in [1.807, 2.05) is 0 Å². The minimum absolute atomic E-state index is 0. The van der Waals surface area contributed by atoms with Crippen LogP contribution in [0.1, 0.15) is 183 Å². The summed E-state index contributed by atoms with van der Waals surface area (Å²) in [4.78, 5) is 36.7. The number of amides is 1. The number of hydrogen-bond acceptors (Lipinski definition) is 7. The molecule has 1 N–H and O–H groups in total. The quantitative estimate of drug-likeness (QED) is 0.0441. The first-order valence-corrected chi connectivity index (χ1v) is 17.8. The fourth-order valence-electron chi connectivity index (χ4n) is 4.96. The third-order valence-corrected chi connectivity index (χ3v) is 7.67. The minimum atomic E-state index is -0.824. The van der Waals surface area contributed by atoms with Crippen molar-refractivity contribution in [2.45, 2.75) is 189 Å². The predicted molar refractivity (Wildman–Crippen MR) is 188 cm³/mol. The Kier molecular flexibility index (Phi) is 40.5. The fourth-order valence-corrected chi connectivity index (χ4v) is 4.96. The molecule has 0 radical (unpaired) electrons. The van der Waals surface area contributed by atoms with Gasteiger partial charge in [-0.1, -0.05) is 157 Å². The van der Waals surface area contributed by atoms with Gasteiger partial charge in [0.25, 0.3) is 0 Å². The standard InChI is InChI=1S/C35H67NO7.2CH4/c1-4-6-8-10-12-14-16-18-20-22-24-26-33(37)41-30-32(31-42-35(39)36-28-29-40-3)43-34(38)27-25-23-21-19-17-15-13-11-9-7-5-2;;/h32H,4-31H2,1-3H3,(H,36,39);2*1H4. The summed E-state index contributed by atoms with van der Waals surface area (Å²) in [7, 11) is 1.54. The molecule has 0 heterocycles. The molecule has 1 amide bonds. The van der Waals surface area contributed by atoms with Gasteiger partial charge in [-0.3, -0.25) is 9.59 Å². The topological polar surface area (TPSA) is 100 Å². The summed E-state index contributed by atoms with van der Waals surface area (Å²) in [5.41, 5.74) is 0. The van der Waals surface area contributed by atoms with Gasteiger partial charge >= 0.3 is 18.0 Å². The van der Waals surface area contributed by atoms with Crippen molar-refractivity contribution in [2.24, 2.45) is 0 Å². The molecule has 0 saturated heterocycles. The highest BCUT2D eigenvalue weighted by Gasteiger charge is 2.19. The molecular weight excluding hydrogens is 570 g/mol. The normalized spacial score (nSPS) is 11.2. The second-order valence-electron chi connectivity index (χ2n) is 11.9. The molecule has 270 valence electrons. The average molecular weight is 646 g/mol. The Bertz CT molecular complexity index is 644. The maximum Gasteiger partial charge on any atom is 0.407 e. The molecule has 0 aromatic rings. The summed E-state index contributed by atoms with van der Waals surface area (Å²) in [6, 6.07) is 0. The van der Waals surface area contributed by atoms with E-state index in [4.69, 9.17) is 18.9 Å².